The van der Waals surface area contributed by atoms with Crippen molar-refractivity contribution < 1.29 is 23.6 Å². The monoisotopic (exact) mass is 362 g/mol. The van der Waals surface area contributed by atoms with Crippen LogP contribution in [-0.4, -0.2) is 13.1 Å². The van der Waals surface area contributed by atoms with Crippen molar-refractivity contribution >= 4 is 8.69 Å². The van der Waals surface area contributed by atoms with Gasteiger partial charge in [-0.2, -0.15) is 4.89 Å². The zero-order valence-electron chi connectivity index (χ0n) is 14.3. The number of ether oxygens (including phenoxy) is 1. The number of methoxy groups -OCH3 is 1. The first-order valence-electron chi connectivity index (χ1n) is 9.21. The molecule has 0 aromatic heterocycles. The molecule has 0 spiro atoms. The Bertz CT molecular complexity index is 635. The van der Waals surface area contributed by atoms with E-state index in [9.17, 15) is 4.57 Å². The molecule has 5 fully saturated rings. The Kier molecular flexibility index (Phi) is 3.81. The van der Waals surface area contributed by atoms with Crippen molar-refractivity contribution in [2.45, 2.75) is 43.7 Å². The summed E-state index contributed by atoms with van der Waals surface area (Å²) in [4.78, 5) is 11.3. The third kappa shape index (κ3) is 2.11. The molecule has 5 nitrogen and oxygen atoms in total. The van der Waals surface area contributed by atoms with Crippen molar-refractivity contribution in [3.63, 3.8) is 0 Å². The summed E-state index contributed by atoms with van der Waals surface area (Å²) in [5.74, 6) is 1.63. The molecule has 1 aliphatic heterocycles. The van der Waals surface area contributed by atoms with E-state index in [1.807, 2.05) is 30.3 Å². The second kappa shape index (κ2) is 5.83. The second-order valence-electron chi connectivity index (χ2n) is 8.15. The number of benzene rings is 1. The van der Waals surface area contributed by atoms with Gasteiger partial charge in [-0.05, 0) is 61.3 Å². The molecule has 0 N–H and O–H groups in total. The van der Waals surface area contributed by atoms with E-state index >= 15 is 0 Å². The summed E-state index contributed by atoms with van der Waals surface area (Å²) in [6.45, 7) is 0. The molecule has 1 aromatic rings. The molecule has 5 aliphatic rings. The largest absolute Gasteiger partial charge is 0.359 e. The zero-order chi connectivity index (χ0) is 17.1. The van der Waals surface area contributed by atoms with E-state index in [1.165, 1.54) is 39.2 Å². The lowest BCUT2D eigenvalue weighted by Gasteiger charge is -2.64. The lowest BCUT2D eigenvalue weighted by Crippen LogP contribution is -2.73. The van der Waals surface area contributed by atoms with Crippen LogP contribution in [0.15, 0.2) is 30.3 Å². The van der Waals surface area contributed by atoms with Crippen LogP contribution in [0.4, 0.5) is 0 Å². The lowest BCUT2D eigenvalue weighted by molar-refractivity contribution is -0.676. The molecular weight excluding hydrogens is 339 g/mol. The van der Waals surface area contributed by atoms with Crippen LogP contribution in [0.1, 0.15) is 37.7 Å². The minimum Gasteiger partial charge on any atom is -0.326 e. The van der Waals surface area contributed by atoms with Gasteiger partial charge in [-0.3, -0.25) is 0 Å². The molecule has 4 bridgehead atoms. The molecule has 4 saturated carbocycles. The summed E-state index contributed by atoms with van der Waals surface area (Å²) in [5.41, 5.74) is 0.104. The Balaban J connectivity index is 1.63. The highest BCUT2D eigenvalue weighted by atomic mass is 31.1. The minimum atomic E-state index is -1.46. The van der Waals surface area contributed by atoms with E-state index in [2.05, 4.69) is 0 Å². The Labute approximate surface area is 149 Å². The van der Waals surface area contributed by atoms with Gasteiger partial charge in [0.15, 0.2) is 0 Å². The van der Waals surface area contributed by atoms with E-state index in [0.717, 1.165) is 17.4 Å². The van der Waals surface area contributed by atoms with Gasteiger partial charge in [0.25, 0.3) is 0 Å². The zero-order valence-corrected chi connectivity index (χ0v) is 15.2. The van der Waals surface area contributed by atoms with E-state index < -0.39 is 20.3 Å². The van der Waals surface area contributed by atoms with Crippen LogP contribution in [0.25, 0.3) is 0 Å². The fourth-order valence-electron chi connectivity index (χ4n) is 6.51. The topological polar surface area (TPSA) is 54.0 Å². The van der Waals surface area contributed by atoms with Crippen molar-refractivity contribution in [2.75, 3.05) is 7.11 Å². The molecule has 1 saturated heterocycles. The summed E-state index contributed by atoms with van der Waals surface area (Å²) < 4.78 is 22.5. The van der Waals surface area contributed by atoms with Crippen molar-refractivity contribution in [1.82, 2.24) is 0 Å². The molecule has 6 rings (SSSR count). The summed E-state index contributed by atoms with van der Waals surface area (Å²) in [7, 11) is 1.06. The van der Waals surface area contributed by atoms with Crippen molar-refractivity contribution in [3.05, 3.63) is 35.9 Å². The Hall–Kier alpha value is -0.840. The molecule has 6 heteroatoms. The summed E-state index contributed by atoms with van der Waals surface area (Å²) in [5, 5.41) is 0. The molecule has 2 atom stereocenters. The van der Waals surface area contributed by atoms with Crippen molar-refractivity contribution in [1.29, 1.82) is 0 Å². The smallest absolute Gasteiger partial charge is 0.326 e. The maximum atomic E-state index is 11.3. The van der Waals surface area contributed by atoms with Gasteiger partial charge in [-0.15, -0.1) is 0 Å². The van der Waals surface area contributed by atoms with Gasteiger partial charge in [0.2, 0.25) is 5.60 Å². The van der Waals surface area contributed by atoms with E-state index in [-0.39, 0.29) is 5.92 Å². The molecular formula is C19H23O5P. The summed E-state index contributed by atoms with van der Waals surface area (Å²) in [6.07, 6.45) is 6.35. The van der Waals surface area contributed by atoms with E-state index in [4.69, 9.17) is 19.0 Å². The van der Waals surface area contributed by atoms with Crippen LogP contribution in [0.5, 0.6) is 0 Å². The molecule has 134 valence electrons. The quantitative estimate of drug-likeness (QED) is 0.440. The standard InChI is InChI=1S/C19H23O5P/c1-21-19(24-25-20)18(22-23-19,16-5-3-2-4-6-16)17-14-8-12-7-13(10-14)11-15(17)9-12/h2-6,12-15,17H,7-11H2,1H3. The highest BCUT2D eigenvalue weighted by molar-refractivity contribution is 7.17. The predicted octanol–water partition coefficient (Wildman–Crippen LogP) is 4.44. The fraction of sp³-hybridized carbons (Fsp3) is 0.684. The number of hydrogen-bond acceptors (Lipinski definition) is 5. The maximum Gasteiger partial charge on any atom is 0.359 e. The molecule has 0 radical (unpaired) electrons. The minimum absolute atomic E-state index is 0.248. The SMILES string of the molecule is COC1(OP=O)OOC1(c1ccccc1)C1C2CC3CC(C2)CC1C3. The summed E-state index contributed by atoms with van der Waals surface area (Å²) in [6, 6.07) is 10.0. The van der Waals surface area contributed by atoms with Gasteiger partial charge >= 0.3 is 14.7 Å². The Morgan fingerprint density at radius 1 is 1.00 bits per heavy atom. The molecule has 4 aliphatic carbocycles. The second-order valence-corrected chi connectivity index (χ2v) is 8.48. The van der Waals surface area contributed by atoms with Gasteiger partial charge in [0.1, 0.15) is 0 Å². The normalized spacial score (nSPS) is 47.8. The van der Waals surface area contributed by atoms with Crippen LogP contribution < -0.4 is 0 Å². The molecule has 1 heterocycles. The van der Waals surface area contributed by atoms with Gasteiger partial charge in [0, 0.05) is 13.0 Å². The van der Waals surface area contributed by atoms with Crippen LogP contribution in [0.3, 0.4) is 0 Å². The highest BCUT2D eigenvalue weighted by Crippen LogP contribution is 2.67. The van der Waals surface area contributed by atoms with E-state index in [0.29, 0.717) is 11.8 Å². The van der Waals surface area contributed by atoms with Crippen molar-refractivity contribution in [2.24, 2.45) is 29.6 Å². The third-order valence-corrected chi connectivity index (χ3v) is 7.38. The highest BCUT2D eigenvalue weighted by Gasteiger charge is 2.75. The van der Waals surface area contributed by atoms with Crippen LogP contribution in [0.2, 0.25) is 0 Å². The predicted molar refractivity (Wildman–Crippen MR) is 89.3 cm³/mol. The van der Waals surface area contributed by atoms with Gasteiger partial charge in [-0.25, -0.2) is 14.0 Å². The van der Waals surface area contributed by atoms with Gasteiger partial charge < -0.3 is 4.74 Å². The van der Waals surface area contributed by atoms with Crippen LogP contribution in [0, 0.1) is 29.6 Å². The average molecular weight is 362 g/mol. The molecule has 1 aromatic carbocycles. The van der Waals surface area contributed by atoms with Crippen LogP contribution in [-0.2, 0) is 29.2 Å². The van der Waals surface area contributed by atoms with Crippen LogP contribution >= 0.6 is 8.69 Å². The Morgan fingerprint density at radius 3 is 2.12 bits per heavy atom. The van der Waals surface area contributed by atoms with E-state index in [1.54, 1.807) is 0 Å². The van der Waals surface area contributed by atoms with Crippen molar-refractivity contribution in [3.8, 4) is 0 Å². The fourth-order valence-corrected chi connectivity index (χ4v) is 6.84. The first kappa shape index (κ1) is 16.3. The molecule has 25 heavy (non-hydrogen) atoms. The first-order chi connectivity index (χ1) is 12.2. The number of hydrogen-bond donors (Lipinski definition) is 0. The summed E-state index contributed by atoms with van der Waals surface area (Å²) >= 11 is 0. The molecule has 0 amide bonds. The molecule has 2 unspecified atom stereocenters. The lowest BCUT2D eigenvalue weighted by atomic mass is 9.47. The number of rotatable bonds is 5. The Morgan fingerprint density at radius 2 is 1.64 bits per heavy atom. The average Bonchev–Trinajstić information content (AvgIpc) is 2.61. The third-order valence-electron chi connectivity index (χ3n) is 7.06. The first-order valence-corrected chi connectivity index (χ1v) is 9.94. The maximum absolute atomic E-state index is 11.3. The van der Waals surface area contributed by atoms with Gasteiger partial charge in [-0.1, -0.05) is 30.3 Å². The van der Waals surface area contributed by atoms with Gasteiger partial charge in [0.05, 0.1) is 0 Å².